The Bertz CT molecular complexity index is 768. The zero-order valence-electron chi connectivity index (χ0n) is 11.5. The number of ether oxygens (including phenoxy) is 1. The Balaban J connectivity index is 1.70. The van der Waals surface area contributed by atoms with Gasteiger partial charge in [0, 0.05) is 12.1 Å². The molecule has 3 aromatic rings. The summed E-state index contributed by atoms with van der Waals surface area (Å²) in [6.45, 7) is 1.64. The van der Waals surface area contributed by atoms with E-state index >= 15 is 0 Å². The summed E-state index contributed by atoms with van der Waals surface area (Å²) in [7, 11) is 0. The molecule has 8 heteroatoms. The van der Waals surface area contributed by atoms with Gasteiger partial charge in [-0.1, -0.05) is 6.07 Å². The van der Waals surface area contributed by atoms with Gasteiger partial charge in [-0.15, -0.1) is 21.5 Å². The third-order valence-electron chi connectivity index (χ3n) is 2.84. The van der Waals surface area contributed by atoms with Crippen LogP contribution >= 0.6 is 11.3 Å². The number of rotatable bonds is 4. The van der Waals surface area contributed by atoms with Crippen molar-refractivity contribution in [2.75, 3.05) is 0 Å². The molecule has 0 aromatic carbocycles. The highest BCUT2D eigenvalue weighted by atomic mass is 32.1. The lowest BCUT2D eigenvalue weighted by atomic mass is 10.3. The van der Waals surface area contributed by atoms with Crippen LogP contribution in [0.1, 0.15) is 29.3 Å². The first-order chi connectivity index (χ1) is 10.6. The van der Waals surface area contributed by atoms with Gasteiger partial charge in [-0.25, -0.2) is 4.79 Å². The van der Waals surface area contributed by atoms with E-state index in [1.54, 1.807) is 6.92 Å². The summed E-state index contributed by atoms with van der Waals surface area (Å²) < 4.78 is 11.3. The van der Waals surface area contributed by atoms with Crippen LogP contribution in [0.3, 0.4) is 0 Å². The van der Waals surface area contributed by atoms with E-state index < -0.39 is 12.1 Å². The first-order valence-electron chi connectivity index (χ1n) is 6.40. The van der Waals surface area contributed by atoms with Crippen molar-refractivity contribution in [2.45, 2.75) is 13.0 Å². The molecule has 0 fully saturated rings. The second-order valence-corrected chi connectivity index (χ2v) is 5.36. The van der Waals surface area contributed by atoms with Crippen LogP contribution in [-0.4, -0.2) is 16.2 Å². The van der Waals surface area contributed by atoms with Crippen molar-refractivity contribution in [1.82, 2.24) is 10.2 Å². The van der Waals surface area contributed by atoms with Crippen LogP contribution in [0, 0.1) is 5.21 Å². The van der Waals surface area contributed by atoms with Crippen molar-refractivity contribution < 1.29 is 18.7 Å². The SMILES string of the molecule is C[C@H](OC(=O)c1cc[n+]([O-])cc1)c1nnc(-c2cccs2)o1. The maximum absolute atomic E-state index is 12.0. The van der Waals surface area contributed by atoms with Crippen molar-refractivity contribution in [2.24, 2.45) is 0 Å². The molecular weight excluding hydrogens is 306 g/mol. The Morgan fingerprint density at radius 1 is 1.36 bits per heavy atom. The quantitative estimate of drug-likeness (QED) is 0.416. The summed E-state index contributed by atoms with van der Waals surface area (Å²) in [6, 6.07) is 6.51. The Kier molecular flexibility index (Phi) is 3.84. The third-order valence-corrected chi connectivity index (χ3v) is 3.70. The van der Waals surface area contributed by atoms with Crippen LogP contribution in [-0.2, 0) is 4.74 Å². The van der Waals surface area contributed by atoms with Gasteiger partial charge in [0.1, 0.15) is 0 Å². The molecule has 112 valence electrons. The number of hydrogen-bond acceptors (Lipinski definition) is 7. The average Bonchev–Trinajstić information content (AvgIpc) is 3.19. The highest BCUT2D eigenvalue weighted by Crippen LogP contribution is 2.26. The molecule has 3 heterocycles. The molecule has 0 spiro atoms. The van der Waals surface area contributed by atoms with Gasteiger partial charge in [-0.05, 0) is 18.4 Å². The van der Waals surface area contributed by atoms with Crippen molar-refractivity contribution in [3.63, 3.8) is 0 Å². The standard InChI is InChI=1S/C14H11N3O4S/c1-9(20-14(18)10-4-6-17(19)7-5-10)12-15-16-13(21-12)11-3-2-8-22-11/h2-9H,1H3/t9-/m0/s1. The number of hydrogen-bond donors (Lipinski definition) is 0. The summed E-state index contributed by atoms with van der Waals surface area (Å²) >= 11 is 1.48. The lowest BCUT2D eigenvalue weighted by Gasteiger charge is -2.08. The fraction of sp³-hybridized carbons (Fsp3) is 0.143. The zero-order chi connectivity index (χ0) is 15.5. The summed E-state index contributed by atoms with van der Waals surface area (Å²) in [6.07, 6.45) is 1.76. The van der Waals surface area contributed by atoms with E-state index in [9.17, 15) is 10.0 Å². The highest BCUT2D eigenvalue weighted by molar-refractivity contribution is 7.13. The van der Waals surface area contributed by atoms with Gasteiger partial charge in [0.15, 0.2) is 18.5 Å². The fourth-order valence-corrected chi connectivity index (χ4v) is 2.37. The van der Waals surface area contributed by atoms with E-state index in [-0.39, 0.29) is 11.5 Å². The molecule has 3 rings (SSSR count). The topological polar surface area (TPSA) is 92.2 Å². The van der Waals surface area contributed by atoms with Gasteiger partial charge in [-0.3, -0.25) is 0 Å². The monoisotopic (exact) mass is 317 g/mol. The van der Waals surface area contributed by atoms with E-state index in [0.29, 0.717) is 10.6 Å². The van der Waals surface area contributed by atoms with Crippen LogP contribution in [0.5, 0.6) is 0 Å². The predicted octanol–water partition coefficient (Wildman–Crippen LogP) is 2.35. The number of nitrogens with zero attached hydrogens (tertiary/aromatic N) is 3. The van der Waals surface area contributed by atoms with Crippen molar-refractivity contribution in [3.8, 4) is 10.8 Å². The zero-order valence-corrected chi connectivity index (χ0v) is 12.3. The van der Waals surface area contributed by atoms with Gasteiger partial charge in [0.2, 0.25) is 0 Å². The smallest absolute Gasteiger partial charge is 0.339 e. The van der Waals surface area contributed by atoms with E-state index in [1.165, 1.54) is 35.9 Å². The minimum absolute atomic E-state index is 0.214. The number of carbonyl (C=O) groups excluding carboxylic acids is 1. The molecule has 0 radical (unpaired) electrons. The van der Waals surface area contributed by atoms with Gasteiger partial charge in [-0.2, -0.15) is 4.73 Å². The Hall–Kier alpha value is -2.74. The minimum atomic E-state index is -0.687. The van der Waals surface area contributed by atoms with Crippen molar-refractivity contribution in [3.05, 3.63) is 58.7 Å². The summed E-state index contributed by atoms with van der Waals surface area (Å²) in [5.41, 5.74) is 0.275. The maximum Gasteiger partial charge on any atom is 0.339 e. The predicted molar refractivity (Wildman–Crippen MR) is 76.8 cm³/mol. The number of pyridine rings is 1. The number of aromatic nitrogens is 3. The molecular formula is C14H11N3O4S. The fourth-order valence-electron chi connectivity index (χ4n) is 1.73. The first kappa shape index (κ1) is 14.2. The molecule has 1 atom stereocenters. The lowest BCUT2D eigenvalue weighted by molar-refractivity contribution is -0.605. The molecule has 7 nitrogen and oxygen atoms in total. The van der Waals surface area contributed by atoms with E-state index in [1.807, 2.05) is 17.5 Å². The van der Waals surface area contributed by atoms with Gasteiger partial charge in [0.05, 0.1) is 10.4 Å². The van der Waals surface area contributed by atoms with Gasteiger partial charge in [0.25, 0.3) is 11.8 Å². The van der Waals surface area contributed by atoms with Crippen molar-refractivity contribution >= 4 is 17.3 Å². The van der Waals surface area contributed by atoms with Crippen LogP contribution in [0.2, 0.25) is 0 Å². The Morgan fingerprint density at radius 2 is 2.14 bits per heavy atom. The lowest BCUT2D eigenvalue weighted by Crippen LogP contribution is -2.24. The molecule has 0 aliphatic heterocycles. The number of esters is 1. The molecule has 0 bridgehead atoms. The largest absolute Gasteiger partial charge is 0.619 e. The Labute approximate surface area is 129 Å². The Morgan fingerprint density at radius 3 is 2.82 bits per heavy atom. The summed E-state index contributed by atoms with van der Waals surface area (Å²) in [5, 5.41) is 20.7. The van der Waals surface area contributed by atoms with Gasteiger partial charge < -0.3 is 14.4 Å². The normalized spacial score (nSPS) is 12.0. The van der Waals surface area contributed by atoms with E-state index in [2.05, 4.69) is 10.2 Å². The number of carbonyl (C=O) groups is 1. The molecule has 3 aromatic heterocycles. The van der Waals surface area contributed by atoms with E-state index in [0.717, 1.165) is 4.88 Å². The molecule has 0 N–H and O–H groups in total. The molecule has 0 aliphatic carbocycles. The summed E-state index contributed by atoms with van der Waals surface area (Å²) in [5.74, 6) is 0.0375. The van der Waals surface area contributed by atoms with E-state index in [4.69, 9.17) is 9.15 Å². The van der Waals surface area contributed by atoms with Crippen LogP contribution in [0.4, 0.5) is 0 Å². The minimum Gasteiger partial charge on any atom is -0.619 e. The second kappa shape index (κ2) is 5.94. The molecule has 0 unspecified atom stereocenters. The molecule has 0 amide bonds. The molecule has 22 heavy (non-hydrogen) atoms. The molecule has 0 saturated carbocycles. The van der Waals surface area contributed by atoms with Crippen LogP contribution in [0.25, 0.3) is 10.8 Å². The second-order valence-electron chi connectivity index (χ2n) is 4.42. The van der Waals surface area contributed by atoms with Crippen LogP contribution < -0.4 is 4.73 Å². The van der Waals surface area contributed by atoms with Gasteiger partial charge >= 0.3 is 5.97 Å². The average molecular weight is 317 g/mol. The molecule has 0 saturated heterocycles. The van der Waals surface area contributed by atoms with Crippen LogP contribution in [0.15, 0.2) is 46.5 Å². The number of thiophene rings is 1. The third kappa shape index (κ3) is 2.96. The first-order valence-corrected chi connectivity index (χ1v) is 7.28. The summed E-state index contributed by atoms with van der Waals surface area (Å²) in [4.78, 5) is 12.8. The van der Waals surface area contributed by atoms with Crippen molar-refractivity contribution in [1.29, 1.82) is 0 Å². The molecule has 0 aliphatic rings. The highest BCUT2D eigenvalue weighted by Gasteiger charge is 2.20. The maximum atomic E-state index is 12.0.